The Bertz CT molecular complexity index is 1220. The largest absolute Gasteiger partial charge is 0.482 e. The third-order valence-corrected chi connectivity index (χ3v) is 4.85. The van der Waals surface area contributed by atoms with Gasteiger partial charge in [0.15, 0.2) is 6.61 Å². The molecule has 0 aliphatic heterocycles. The number of carbonyl (C=O) groups excluding carboxylic acids is 2. The number of esters is 1. The van der Waals surface area contributed by atoms with E-state index in [-0.39, 0.29) is 22.9 Å². The van der Waals surface area contributed by atoms with Gasteiger partial charge in [-0.1, -0.05) is 51.8 Å². The van der Waals surface area contributed by atoms with Crippen molar-refractivity contribution in [3.63, 3.8) is 0 Å². The zero-order valence-corrected chi connectivity index (χ0v) is 18.8. The second-order valence-corrected chi connectivity index (χ2v) is 7.56. The molecule has 3 aromatic carbocycles. The molecular formula is C23H15BrClN3O4. The first-order valence-electron chi connectivity index (χ1n) is 9.18. The number of benzene rings is 3. The van der Waals surface area contributed by atoms with E-state index in [0.29, 0.717) is 16.9 Å². The smallest absolute Gasteiger partial charge is 0.345 e. The molecule has 0 saturated heterocycles. The molecule has 0 spiro atoms. The zero-order valence-electron chi connectivity index (χ0n) is 16.4. The van der Waals surface area contributed by atoms with Crippen molar-refractivity contribution in [2.24, 2.45) is 5.10 Å². The molecule has 0 heterocycles. The topological polar surface area (TPSA) is 101 Å². The lowest BCUT2D eigenvalue weighted by Crippen LogP contribution is -2.24. The van der Waals surface area contributed by atoms with Crippen molar-refractivity contribution in [1.29, 1.82) is 5.26 Å². The molecule has 0 aliphatic rings. The minimum atomic E-state index is -0.624. The maximum Gasteiger partial charge on any atom is 0.345 e. The number of hydrazone groups is 1. The van der Waals surface area contributed by atoms with Crippen molar-refractivity contribution >= 4 is 45.6 Å². The van der Waals surface area contributed by atoms with Crippen LogP contribution in [-0.2, 0) is 4.79 Å². The number of nitrogens with one attached hydrogen (secondary N) is 1. The molecule has 160 valence electrons. The van der Waals surface area contributed by atoms with Crippen LogP contribution in [-0.4, -0.2) is 24.7 Å². The van der Waals surface area contributed by atoms with Crippen molar-refractivity contribution < 1.29 is 19.1 Å². The fourth-order valence-electron chi connectivity index (χ4n) is 2.53. The van der Waals surface area contributed by atoms with E-state index in [2.05, 4.69) is 26.5 Å². The highest BCUT2D eigenvalue weighted by molar-refractivity contribution is 9.10. The zero-order chi connectivity index (χ0) is 22.9. The van der Waals surface area contributed by atoms with Crippen LogP contribution in [0.15, 0.2) is 76.3 Å². The Kier molecular flexibility index (Phi) is 7.97. The summed E-state index contributed by atoms with van der Waals surface area (Å²) in [5.41, 5.74) is 3.31. The molecule has 1 N–H and O–H groups in total. The van der Waals surface area contributed by atoms with Crippen LogP contribution in [0.2, 0.25) is 5.02 Å². The third kappa shape index (κ3) is 6.17. The van der Waals surface area contributed by atoms with Crippen LogP contribution in [0.25, 0.3) is 0 Å². The minimum absolute atomic E-state index is 0.225. The summed E-state index contributed by atoms with van der Waals surface area (Å²) in [5.74, 6) is -0.620. The molecule has 1 amide bonds. The van der Waals surface area contributed by atoms with Crippen LogP contribution in [0.1, 0.15) is 21.5 Å². The van der Waals surface area contributed by atoms with Gasteiger partial charge in [0, 0.05) is 10.0 Å². The summed E-state index contributed by atoms with van der Waals surface area (Å²) in [5, 5.41) is 13.2. The fraction of sp³-hybridized carbons (Fsp3) is 0.0435. The molecule has 9 heteroatoms. The van der Waals surface area contributed by atoms with Crippen LogP contribution in [0.5, 0.6) is 11.5 Å². The number of amides is 1. The standard InChI is InChI=1S/C23H15BrClN3O4/c24-17-9-10-21(32-23(30)18-6-2-3-7-19(18)25)16(11-17)13-27-28-22(29)14-31-20-8-4-1-5-15(20)12-26/h1-11,13H,14H2,(H,28,29)/b27-13-. The molecule has 7 nitrogen and oxygen atoms in total. The second-order valence-electron chi connectivity index (χ2n) is 6.24. The van der Waals surface area contributed by atoms with Crippen LogP contribution >= 0.6 is 27.5 Å². The number of carbonyl (C=O) groups is 2. The average Bonchev–Trinajstić information content (AvgIpc) is 2.79. The van der Waals surface area contributed by atoms with Gasteiger partial charge >= 0.3 is 5.97 Å². The average molecular weight is 513 g/mol. The van der Waals surface area contributed by atoms with Gasteiger partial charge in [-0.2, -0.15) is 10.4 Å². The van der Waals surface area contributed by atoms with Gasteiger partial charge in [0.1, 0.15) is 17.6 Å². The Hall–Kier alpha value is -3.67. The molecule has 3 aromatic rings. The Labute approximate surface area is 197 Å². The van der Waals surface area contributed by atoms with Crippen molar-refractivity contribution in [1.82, 2.24) is 5.43 Å². The number of para-hydroxylation sites is 1. The first-order chi connectivity index (χ1) is 15.5. The molecule has 32 heavy (non-hydrogen) atoms. The number of hydrogen-bond donors (Lipinski definition) is 1. The molecule has 0 fully saturated rings. The molecular weight excluding hydrogens is 498 g/mol. The highest BCUT2D eigenvalue weighted by atomic mass is 79.9. The van der Waals surface area contributed by atoms with E-state index in [4.69, 9.17) is 26.3 Å². The normalized spacial score (nSPS) is 10.4. The van der Waals surface area contributed by atoms with E-state index in [9.17, 15) is 9.59 Å². The van der Waals surface area contributed by atoms with E-state index in [0.717, 1.165) is 4.47 Å². The summed E-state index contributed by atoms with van der Waals surface area (Å²) in [6.45, 7) is -0.330. The molecule has 0 aromatic heterocycles. The number of nitrogens with zero attached hydrogens (tertiary/aromatic N) is 2. The van der Waals surface area contributed by atoms with E-state index in [1.807, 2.05) is 6.07 Å². The van der Waals surface area contributed by atoms with E-state index in [1.165, 1.54) is 6.21 Å². The molecule has 0 atom stereocenters. The molecule has 0 saturated carbocycles. The van der Waals surface area contributed by atoms with Crippen molar-refractivity contribution in [2.75, 3.05) is 6.61 Å². The van der Waals surface area contributed by atoms with Crippen LogP contribution < -0.4 is 14.9 Å². The van der Waals surface area contributed by atoms with Crippen LogP contribution in [0.3, 0.4) is 0 Å². The van der Waals surface area contributed by atoms with Crippen molar-refractivity contribution in [3.05, 3.63) is 92.9 Å². The highest BCUT2D eigenvalue weighted by Gasteiger charge is 2.14. The SMILES string of the molecule is N#Cc1ccccc1OCC(=O)N/N=C\c1cc(Br)ccc1OC(=O)c1ccccc1Cl. The predicted octanol–water partition coefficient (Wildman–Crippen LogP) is 4.72. The molecule has 0 bridgehead atoms. The molecule has 0 aliphatic carbocycles. The van der Waals surface area contributed by atoms with Gasteiger partial charge in [-0.3, -0.25) is 4.79 Å². The fourth-order valence-corrected chi connectivity index (χ4v) is 3.12. The lowest BCUT2D eigenvalue weighted by atomic mass is 10.2. The lowest BCUT2D eigenvalue weighted by Gasteiger charge is -2.09. The van der Waals surface area contributed by atoms with Crippen molar-refractivity contribution in [3.8, 4) is 17.6 Å². The summed E-state index contributed by atoms with van der Waals surface area (Å²) >= 11 is 9.40. The van der Waals surface area contributed by atoms with E-state index in [1.54, 1.807) is 66.7 Å². The van der Waals surface area contributed by atoms with E-state index < -0.39 is 11.9 Å². The monoisotopic (exact) mass is 511 g/mol. The van der Waals surface area contributed by atoms with Crippen LogP contribution in [0, 0.1) is 11.3 Å². The lowest BCUT2D eigenvalue weighted by molar-refractivity contribution is -0.123. The number of hydrogen-bond acceptors (Lipinski definition) is 6. The Morgan fingerprint density at radius 1 is 1.09 bits per heavy atom. The number of ether oxygens (including phenoxy) is 2. The summed E-state index contributed by atoms with van der Waals surface area (Å²) in [6, 6.07) is 20.1. The molecule has 0 radical (unpaired) electrons. The predicted molar refractivity (Wildman–Crippen MR) is 123 cm³/mol. The van der Waals surface area contributed by atoms with Gasteiger partial charge in [-0.25, -0.2) is 10.2 Å². The summed E-state index contributed by atoms with van der Waals surface area (Å²) in [7, 11) is 0. The third-order valence-electron chi connectivity index (χ3n) is 4.03. The number of rotatable bonds is 7. The quantitative estimate of drug-likeness (QED) is 0.214. The summed E-state index contributed by atoms with van der Waals surface area (Å²) in [6.07, 6.45) is 1.33. The summed E-state index contributed by atoms with van der Waals surface area (Å²) in [4.78, 5) is 24.5. The maximum atomic E-state index is 12.5. The summed E-state index contributed by atoms with van der Waals surface area (Å²) < 4.78 is 11.5. The van der Waals surface area contributed by atoms with Gasteiger partial charge in [0.05, 0.1) is 22.4 Å². The minimum Gasteiger partial charge on any atom is -0.482 e. The van der Waals surface area contributed by atoms with Gasteiger partial charge in [-0.15, -0.1) is 0 Å². The number of halogens is 2. The maximum absolute atomic E-state index is 12.5. The second kappa shape index (κ2) is 11.1. The first-order valence-corrected chi connectivity index (χ1v) is 10.3. The molecule has 3 rings (SSSR count). The Morgan fingerprint density at radius 3 is 2.62 bits per heavy atom. The Morgan fingerprint density at radius 2 is 1.84 bits per heavy atom. The Balaban J connectivity index is 1.64. The highest BCUT2D eigenvalue weighted by Crippen LogP contribution is 2.24. The van der Waals surface area contributed by atoms with Crippen molar-refractivity contribution in [2.45, 2.75) is 0 Å². The van der Waals surface area contributed by atoms with E-state index >= 15 is 0 Å². The van der Waals surface area contributed by atoms with Gasteiger partial charge in [0.2, 0.25) is 0 Å². The van der Waals surface area contributed by atoms with Crippen LogP contribution in [0.4, 0.5) is 0 Å². The van der Waals surface area contributed by atoms with Gasteiger partial charge in [-0.05, 0) is 42.5 Å². The first kappa shape index (κ1) is 23.0. The number of nitriles is 1. The van der Waals surface area contributed by atoms with Gasteiger partial charge in [0.25, 0.3) is 5.91 Å². The van der Waals surface area contributed by atoms with Gasteiger partial charge < -0.3 is 9.47 Å². The molecule has 0 unspecified atom stereocenters.